The molecule has 2 fully saturated rings. The lowest BCUT2D eigenvalue weighted by atomic mass is 9.94. The van der Waals surface area contributed by atoms with Crippen LogP contribution in [0.2, 0.25) is 0 Å². The summed E-state index contributed by atoms with van der Waals surface area (Å²) in [6, 6.07) is 0.890. The summed E-state index contributed by atoms with van der Waals surface area (Å²) in [6.45, 7) is 5.60. The molecule has 0 aromatic heterocycles. The minimum absolute atomic E-state index is 0.0146. The first-order valence-corrected chi connectivity index (χ1v) is 9.70. The molecular weight excluding hydrogens is 302 g/mol. The van der Waals surface area contributed by atoms with Crippen LogP contribution in [0.1, 0.15) is 91.4 Å². The minimum Gasteiger partial charge on any atom is -0.317 e. The fourth-order valence-corrected chi connectivity index (χ4v) is 3.57. The molecular formula is C19H33N3O2. The van der Waals surface area contributed by atoms with Gasteiger partial charge in [0.05, 0.1) is 11.8 Å². The van der Waals surface area contributed by atoms with Crippen LogP contribution in [0.5, 0.6) is 0 Å². The Morgan fingerprint density at radius 1 is 1.00 bits per heavy atom. The van der Waals surface area contributed by atoms with Gasteiger partial charge in [-0.2, -0.15) is 0 Å². The van der Waals surface area contributed by atoms with E-state index in [1.54, 1.807) is 11.8 Å². The summed E-state index contributed by atoms with van der Waals surface area (Å²) in [6.07, 6.45) is 12.4. The van der Waals surface area contributed by atoms with Crippen LogP contribution in [0.15, 0.2) is 10.1 Å². The Morgan fingerprint density at radius 2 is 1.58 bits per heavy atom. The van der Waals surface area contributed by atoms with Gasteiger partial charge >= 0.3 is 6.02 Å². The number of hydrogen-bond acceptors (Lipinski definition) is 4. The fourth-order valence-electron chi connectivity index (χ4n) is 3.57. The zero-order valence-corrected chi connectivity index (χ0v) is 15.6. The third-order valence-corrected chi connectivity index (χ3v) is 5.15. The van der Waals surface area contributed by atoms with Gasteiger partial charge < -0.3 is 4.84 Å². The Hall–Kier alpha value is -1.39. The van der Waals surface area contributed by atoms with Gasteiger partial charge in [-0.1, -0.05) is 50.6 Å². The van der Waals surface area contributed by atoms with E-state index in [-0.39, 0.29) is 18.0 Å². The van der Waals surface area contributed by atoms with Crippen LogP contribution < -0.4 is 0 Å². The molecule has 0 bridgehead atoms. The van der Waals surface area contributed by atoms with Crippen molar-refractivity contribution in [2.45, 2.75) is 103 Å². The van der Waals surface area contributed by atoms with Crippen LogP contribution in [0, 0.1) is 0 Å². The van der Waals surface area contributed by atoms with E-state index in [1.165, 1.54) is 38.5 Å². The molecule has 2 rings (SSSR count). The first-order chi connectivity index (χ1) is 11.6. The molecule has 2 saturated carbocycles. The standard InChI is InChI=1S/C19H33N3O2/c1-4-15(2)21-24-19(20-17-11-7-5-8-12-17)22(16(3)23)18-13-9-6-10-14-18/h17-18H,4-14H2,1-3H3/b20-19-,21-15+. The number of amidine groups is 1. The average molecular weight is 335 g/mol. The Kier molecular flexibility index (Phi) is 7.73. The Morgan fingerprint density at radius 3 is 2.12 bits per heavy atom. The highest BCUT2D eigenvalue weighted by atomic mass is 16.6. The van der Waals surface area contributed by atoms with Gasteiger partial charge in [0, 0.05) is 13.0 Å². The normalized spacial score (nSPS) is 21.6. The summed E-state index contributed by atoms with van der Waals surface area (Å²) in [5.74, 6) is 0.0146. The molecule has 2 aliphatic carbocycles. The van der Waals surface area contributed by atoms with Crippen molar-refractivity contribution in [1.82, 2.24) is 4.90 Å². The average Bonchev–Trinajstić information content (AvgIpc) is 2.61. The van der Waals surface area contributed by atoms with Crippen molar-refractivity contribution >= 4 is 17.6 Å². The molecule has 5 heteroatoms. The van der Waals surface area contributed by atoms with Crippen molar-refractivity contribution in [3.63, 3.8) is 0 Å². The molecule has 0 atom stereocenters. The number of rotatable bonds is 4. The Bertz CT molecular complexity index is 461. The van der Waals surface area contributed by atoms with E-state index < -0.39 is 0 Å². The van der Waals surface area contributed by atoms with E-state index in [2.05, 4.69) is 5.16 Å². The van der Waals surface area contributed by atoms with Gasteiger partial charge in [0.25, 0.3) is 0 Å². The van der Waals surface area contributed by atoms with E-state index in [9.17, 15) is 4.79 Å². The van der Waals surface area contributed by atoms with E-state index in [4.69, 9.17) is 9.83 Å². The van der Waals surface area contributed by atoms with Crippen molar-refractivity contribution in [3.05, 3.63) is 0 Å². The summed E-state index contributed by atoms with van der Waals surface area (Å²) in [4.78, 5) is 24.7. The maximum absolute atomic E-state index is 12.4. The molecule has 136 valence electrons. The van der Waals surface area contributed by atoms with E-state index in [1.807, 2.05) is 13.8 Å². The maximum Gasteiger partial charge on any atom is 0.324 e. The quantitative estimate of drug-likeness (QED) is 0.426. The Balaban J connectivity index is 2.22. The van der Waals surface area contributed by atoms with Crippen molar-refractivity contribution in [2.24, 2.45) is 10.1 Å². The second-order valence-electron chi connectivity index (χ2n) is 7.16. The predicted molar refractivity (Wildman–Crippen MR) is 98.2 cm³/mol. The van der Waals surface area contributed by atoms with Crippen molar-refractivity contribution < 1.29 is 9.63 Å². The maximum atomic E-state index is 12.4. The first-order valence-electron chi connectivity index (χ1n) is 9.70. The Labute approximate surface area is 146 Å². The van der Waals surface area contributed by atoms with Crippen LogP contribution >= 0.6 is 0 Å². The summed E-state index contributed by atoms with van der Waals surface area (Å²) in [7, 11) is 0. The molecule has 24 heavy (non-hydrogen) atoms. The zero-order valence-electron chi connectivity index (χ0n) is 15.6. The summed E-state index contributed by atoms with van der Waals surface area (Å²) >= 11 is 0. The molecule has 0 N–H and O–H groups in total. The molecule has 5 nitrogen and oxygen atoms in total. The summed E-state index contributed by atoms with van der Waals surface area (Å²) in [5, 5.41) is 4.20. The van der Waals surface area contributed by atoms with Crippen molar-refractivity contribution in [1.29, 1.82) is 0 Å². The third-order valence-electron chi connectivity index (χ3n) is 5.15. The summed E-state index contributed by atoms with van der Waals surface area (Å²) in [5.41, 5.74) is 0.915. The molecule has 0 unspecified atom stereocenters. The van der Waals surface area contributed by atoms with Gasteiger partial charge in [0.2, 0.25) is 5.91 Å². The van der Waals surface area contributed by atoms with Crippen LogP contribution in [0.4, 0.5) is 0 Å². The molecule has 0 aromatic rings. The third kappa shape index (κ3) is 5.60. The second-order valence-corrected chi connectivity index (χ2v) is 7.16. The van der Waals surface area contributed by atoms with Gasteiger partial charge in [0.15, 0.2) is 0 Å². The lowest BCUT2D eigenvalue weighted by molar-refractivity contribution is -0.128. The first kappa shape index (κ1) is 18.9. The number of amides is 1. The largest absolute Gasteiger partial charge is 0.324 e. The lowest BCUT2D eigenvalue weighted by Crippen LogP contribution is -2.45. The van der Waals surface area contributed by atoms with Gasteiger partial charge in [-0.15, -0.1) is 0 Å². The van der Waals surface area contributed by atoms with Gasteiger partial charge in [0.1, 0.15) is 0 Å². The molecule has 0 heterocycles. The van der Waals surface area contributed by atoms with Crippen LogP contribution in [-0.2, 0) is 9.63 Å². The van der Waals surface area contributed by atoms with Gasteiger partial charge in [-0.3, -0.25) is 9.69 Å². The summed E-state index contributed by atoms with van der Waals surface area (Å²) < 4.78 is 0. The molecule has 2 aliphatic rings. The van der Waals surface area contributed by atoms with Crippen molar-refractivity contribution in [3.8, 4) is 0 Å². The highest BCUT2D eigenvalue weighted by Crippen LogP contribution is 2.25. The SMILES string of the molecule is CC/C(C)=N/O/C(=N\C1CCCCC1)N(C(C)=O)C1CCCCC1. The fraction of sp³-hybridized carbons (Fsp3) is 0.842. The smallest absolute Gasteiger partial charge is 0.317 e. The number of carbonyl (C=O) groups is 1. The molecule has 0 radical (unpaired) electrons. The molecule has 0 spiro atoms. The predicted octanol–water partition coefficient (Wildman–Crippen LogP) is 4.66. The van der Waals surface area contributed by atoms with Crippen LogP contribution in [0.25, 0.3) is 0 Å². The molecule has 1 amide bonds. The van der Waals surface area contributed by atoms with E-state index in [0.717, 1.165) is 37.8 Å². The van der Waals surface area contributed by atoms with Crippen molar-refractivity contribution in [2.75, 3.05) is 0 Å². The monoisotopic (exact) mass is 335 g/mol. The number of oxime groups is 1. The lowest BCUT2D eigenvalue weighted by Gasteiger charge is -2.33. The molecule has 0 aliphatic heterocycles. The number of aliphatic imine (C=N–C) groups is 1. The highest BCUT2D eigenvalue weighted by molar-refractivity contribution is 5.94. The second kappa shape index (κ2) is 9.80. The van der Waals surface area contributed by atoms with Gasteiger partial charge in [-0.25, -0.2) is 4.99 Å². The van der Waals surface area contributed by atoms with Crippen LogP contribution in [-0.4, -0.2) is 34.6 Å². The molecule has 0 saturated heterocycles. The minimum atomic E-state index is 0.0146. The topological polar surface area (TPSA) is 54.3 Å². The number of hydrogen-bond donors (Lipinski definition) is 0. The molecule has 0 aromatic carbocycles. The van der Waals surface area contributed by atoms with Gasteiger partial charge in [-0.05, 0) is 39.0 Å². The van der Waals surface area contributed by atoms with E-state index >= 15 is 0 Å². The highest BCUT2D eigenvalue weighted by Gasteiger charge is 2.30. The zero-order chi connectivity index (χ0) is 17.4. The van der Waals surface area contributed by atoms with Crippen LogP contribution in [0.3, 0.4) is 0 Å². The number of carbonyl (C=O) groups excluding carboxylic acids is 1. The van der Waals surface area contributed by atoms with E-state index in [0.29, 0.717) is 6.02 Å². The number of nitrogens with zero attached hydrogens (tertiary/aromatic N) is 3.